The molecule has 2 aromatic carbocycles. The van der Waals surface area contributed by atoms with Gasteiger partial charge in [-0.3, -0.25) is 14.5 Å². The van der Waals surface area contributed by atoms with Crippen LogP contribution in [0.1, 0.15) is 5.56 Å². The summed E-state index contributed by atoms with van der Waals surface area (Å²) in [6, 6.07) is 13.6. The van der Waals surface area contributed by atoms with Gasteiger partial charge in [0.15, 0.2) is 10.6 Å². The summed E-state index contributed by atoms with van der Waals surface area (Å²) in [5.74, 6) is 0.0498. The van der Waals surface area contributed by atoms with Crippen LogP contribution in [0.5, 0.6) is 0 Å². The van der Waals surface area contributed by atoms with E-state index in [2.05, 4.69) is 15.5 Å². The molecule has 2 N–H and O–H groups in total. The fourth-order valence-electron chi connectivity index (χ4n) is 2.52. The number of carbonyl (C=O) groups excluding carboxylic acids is 1. The Balaban J connectivity index is 1.64. The van der Waals surface area contributed by atoms with Gasteiger partial charge in [-0.2, -0.15) is 5.10 Å². The molecular weight excluding hydrogens is 375 g/mol. The second-order valence-corrected chi connectivity index (χ2v) is 6.46. The van der Waals surface area contributed by atoms with Gasteiger partial charge >= 0.3 is 0 Å². The number of hydrogen-bond donors (Lipinski definition) is 2. The number of aromatic nitrogens is 3. The monoisotopic (exact) mass is 390 g/mol. The molecule has 1 amide bonds. The summed E-state index contributed by atoms with van der Waals surface area (Å²) >= 11 is 11.1. The number of aromatic amines is 1. The van der Waals surface area contributed by atoms with E-state index in [4.69, 9.17) is 23.8 Å². The first-order chi connectivity index (χ1) is 12.5. The first-order valence-corrected chi connectivity index (χ1v) is 8.74. The largest absolute Gasteiger partial charge is 0.354 e. The second kappa shape index (κ2) is 8.25. The molecule has 0 radical (unpaired) electrons. The van der Waals surface area contributed by atoms with Crippen LogP contribution in [-0.4, -0.2) is 27.2 Å². The van der Waals surface area contributed by atoms with Crippen molar-refractivity contribution in [1.82, 2.24) is 20.1 Å². The Labute approximate surface area is 159 Å². The number of carbonyl (C=O) groups is 1. The van der Waals surface area contributed by atoms with E-state index < -0.39 is 0 Å². The standard InChI is InChI=1S/C18H16ClFN4OS/c19-14-7-5-13(6-8-14)17-22-23-18(26)24(17)11-16(25)21-10-9-12-3-1-2-4-15(12)20/h1-8H,9-11H2,(H,21,25)(H,23,26). The van der Waals surface area contributed by atoms with Crippen molar-refractivity contribution in [1.29, 1.82) is 0 Å². The first-order valence-electron chi connectivity index (χ1n) is 7.96. The van der Waals surface area contributed by atoms with Gasteiger partial charge in [-0.25, -0.2) is 4.39 Å². The quantitative estimate of drug-likeness (QED) is 0.630. The summed E-state index contributed by atoms with van der Waals surface area (Å²) in [6.45, 7) is 0.353. The molecule has 134 valence electrons. The molecule has 3 aromatic rings. The van der Waals surface area contributed by atoms with Crippen molar-refractivity contribution < 1.29 is 9.18 Å². The lowest BCUT2D eigenvalue weighted by Crippen LogP contribution is -2.29. The second-order valence-electron chi connectivity index (χ2n) is 5.64. The van der Waals surface area contributed by atoms with Crippen molar-refractivity contribution in [3.05, 3.63) is 69.7 Å². The molecule has 0 spiro atoms. The molecule has 0 aliphatic carbocycles. The van der Waals surface area contributed by atoms with Crippen LogP contribution in [0.2, 0.25) is 5.02 Å². The molecule has 0 atom stereocenters. The summed E-state index contributed by atoms with van der Waals surface area (Å²) < 4.78 is 15.5. The van der Waals surface area contributed by atoms with Crippen LogP contribution in [0, 0.1) is 10.6 Å². The molecule has 5 nitrogen and oxygen atoms in total. The van der Waals surface area contributed by atoms with Crippen LogP contribution < -0.4 is 5.32 Å². The molecule has 8 heteroatoms. The zero-order chi connectivity index (χ0) is 18.5. The molecule has 0 saturated heterocycles. The van der Waals surface area contributed by atoms with Crippen LogP contribution in [0.3, 0.4) is 0 Å². The maximum absolute atomic E-state index is 13.6. The lowest BCUT2D eigenvalue weighted by molar-refractivity contribution is -0.121. The maximum atomic E-state index is 13.6. The van der Waals surface area contributed by atoms with Gasteiger partial charge < -0.3 is 5.32 Å². The Morgan fingerprint density at radius 1 is 1.23 bits per heavy atom. The zero-order valence-corrected chi connectivity index (χ0v) is 15.3. The molecule has 1 aromatic heterocycles. The Hall–Kier alpha value is -2.51. The lowest BCUT2D eigenvalue weighted by Gasteiger charge is -2.09. The number of halogens is 2. The van der Waals surface area contributed by atoms with Gasteiger partial charge in [-0.1, -0.05) is 29.8 Å². The Morgan fingerprint density at radius 2 is 1.96 bits per heavy atom. The molecule has 3 rings (SSSR count). The molecule has 0 unspecified atom stereocenters. The van der Waals surface area contributed by atoms with Crippen molar-refractivity contribution in [2.75, 3.05) is 6.54 Å². The average Bonchev–Trinajstić information content (AvgIpc) is 2.98. The summed E-state index contributed by atoms with van der Waals surface area (Å²) in [5, 5.41) is 10.3. The van der Waals surface area contributed by atoms with Gasteiger partial charge in [0.2, 0.25) is 5.91 Å². The third-order valence-electron chi connectivity index (χ3n) is 3.84. The molecule has 0 aliphatic heterocycles. The topological polar surface area (TPSA) is 62.7 Å². The maximum Gasteiger partial charge on any atom is 0.240 e. The number of nitrogens with one attached hydrogen (secondary N) is 2. The van der Waals surface area contributed by atoms with E-state index in [1.165, 1.54) is 6.07 Å². The van der Waals surface area contributed by atoms with Gasteiger partial charge in [-0.05, 0) is 54.5 Å². The third kappa shape index (κ3) is 4.36. The molecule has 0 fully saturated rings. The van der Waals surface area contributed by atoms with Crippen molar-refractivity contribution in [3.63, 3.8) is 0 Å². The lowest BCUT2D eigenvalue weighted by atomic mass is 10.1. The minimum Gasteiger partial charge on any atom is -0.354 e. The molecule has 26 heavy (non-hydrogen) atoms. The van der Waals surface area contributed by atoms with E-state index in [0.717, 1.165) is 5.56 Å². The molecule has 1 heterocycles. The van der Waals surface area contributed by atoms with Crippen molar-refractivity contribution >= 4 is 29.7 Å². The number of H-pyrrole nitrogens is 1. The summed E-state index contributed by atoms with van der Waals surface area (Å²) in [4.78, 5) is 12.2. The minimum absolute atomic E-state index is 0.0184. The van der Waals surface area contributed by atoms with Crippen molar-refractivity contribution in [2.24, 2.45) is 0 Å². The SMILES string of the molecule is O=C(Cn1c(-c2ccc(Cl)cc2)n[nH]c1=S)NCCc1ccccc1F. The summed E-state index contributed by atoms with van der Waals surface area (Å²) in [6.07, 6.45) is 0.416. The van der Waals surface area contributed by atoms with Crippen LogP contribution in [0.4, 0.5) is 4.39 Å². The molecule has 0 bridgehead atoms. The Morgan fingerprint density at radius 3 is 2.69 bits per heavy atom. The van der Waals surface area contributed by atoms with E-state index in [9.17, 15) is 9.18 Å². The van der Waals surface area contributed by atoms with E-state index in [1.807, 2.05) is 0 Å². The fraction of sp³-hybridized carbons (Fsp3) is 0.167. The van der Waals surface area contributed by atoms with E-state index in [0.29, 0.717) is 34.1 Å². The van der Waals surface area contributed by atoms with Crippen LogP contribution in [0.25, 0.3) is 11.4 Å². The van der Waals surface area contributed by atoms with Gasteiger partial charge in [-0.15, -0.1) is 0 Å². The number of nitrogens with zero attached hydrogens (tertiary/aromatic N) is 2. The van der Waals surface area contributed by atoms with Crippen molar-refractivity contribution in [2.45, 2.75) is 13.0 Å². The number of amides is 1. The molecule has 0 aliphatic rings. The summed E-state index contributed by atoms with van der Waals surface area (Å²) in [7, 11) is 0. The number of rotatable bonds is 6. The average molecular weight is 391 g/mol. The van der Waals surface area contributed by atoms with Crippen LogP contribution in [-0.2, 0) is 17.8 Å². The fourth-order valence-corrected chi connectivity index (χ4v) is 2.84. The highest BCUT2D eigenvalue weighted by molar-refractivity contribution is 7.71. The zero-order valence-electron chi connectivity index (χ0n) is 13.7. The first kappa shape index (κ1) is 18.3. The summed E-state index contributed by atoms with van der Waals surface area (Å²) in [5.41, 5.74) is 1.36. The number of benzene rings is 2. The molecular formula is C18H16ClFN4OS. The van der Waals surface area contributed by atoms with E-state index >= 15 is 0 Å². The predicted octanol–water partition coefficient (Wildman–Crippen LogP) is 3.76. The van der Waals surface area contributed by atoms with Gasteiger partial charge in [0.25, 0.3) is 0 Å². The molecule has 0 saturated carbocycles. The van der Waals surface area contributed by atoms with Gasteiger partial charge in [0.1, 0.15) is 12.4 Å². The van der Waals surface area contributed by atoms with Gasteiger partial charge in [0.05, 0.1) is 0 Å². The normalized spacial score (nSPS) is 10.7. The highest BCUT2D eigenvalue weighted by Gasteiger charge is 2.12. The smallest absolute Gasteiger partial charge is 0.240 e. The Kier molecular flexibility index (Phi) is 5.80. The predicted molar refractivity (Wildman–Crippen MR) is 101 cm³/mol. The minimum atomic E-state index is -0.274. The highest BCUT2D eigenvalue weighted by atomic mass is 35.5. The number of hydrogen-bond acceptors (Lipinski definition) is 3. The third-order valence-corrected chi connectivity index (χ3v) is 4.40. The van der Waals surface area contributed by atoms with Crippen molar-refractivity contribution in [3.8, 4) is 11.4 Å². The van der Waals surface area contributed by atoms with E-state index in [1.54, 1.807) is 47.0 Å². The highest BCUT2D eigenvalue weighted by Crippen LogP contribution is 2.19. The van der Waals surface area contributed by atoms with E-state index in [-0.39, 0.29) is 18.3 Å². The van der Waals surface area contributed by atoms with Crippen LogP contribution in [0.15, 0.2) is 48.5 Å². The van der Waals surface area contributed by atoms with Crippen LogP contribution >= 0.6 is 23.8 Å². The Bertz CT molecular complexity index is 968. The van der Waals surface area contributed by atoms with Gasteiger partial charge in [0, 0.05) is 17.1 Å².